The number of ether oxygens (including phenoxy) is 6. The molecule has 0 amide bonds. The fraction of sp³-hybridized carbons (Fsp3) is 0.240. The summed E-state index contributed by atoms with van der Waals surface area (Å²) < 4.78 is 39.7. The lowest BCUT2D eigenvalue weighted by Crippen LogP contribution is -2.16. The van der Waals surface area contributed by atoms with Crippen molar-refractivity contribution in [3.05, 3.63) is 54.6 Å². The molecular formula is C25H28O9S. The summed E-state index contributed by atoms with van der Waals surface area (Å²) in [6.45, 7) is 0. The SMILES string of the molecule is COc1cc(OC)c(S(OC(=O)O)(c2ccccc2)c2c(OC)cc(OC)cc2OC)c(OC)c1. The van der Waals surface area contributed by atoms with Gasteiger partial charge in [-0.2, -0.15) is 0 Å². The number of methoxy groups -OCH3 is 6. The minimum atomic E-state index is -3.16. The van der Waals surface area contributed by atoms with E-state index in [4.69, 9.17) is 32.6 Å². The van der Waals surface area contributed by atoms with Crippen molar-refractivity contribution < 1.29 is 42.5 Å². The van der Waals surface area contributed by atoms with Crippen molar-refractivity contribution in [1.29, 1.82) is 0 Å². The number of rotatable bonds is 10. The maximum atomic E-state index is 12.4. The van der Waals surface area contributed by atoms with Crippen LogP contribution in [0.3, 0.4) is 0 Å². The van der Waals surface area contributed by atoms with E-state index < -0.39 is 16.5 Å². The molecule has 0 atom stereocenters. The molecule has 0 heterocycles. The minimum absolute atomic E-state index is 0.293. The quantitative estimate of drug-likeness (QED) is 0.376. The van der Waals surface area contributed by atoms with Gasteiger partial charge < -0.3 is 37.7 Å². The Bertz CT molecular complexity index is 1070. The van der Waals surface area contributed by atoms with Crippen molar-refractivity contribution >= 4 is 16.5 Å². The van der Waals surface area contributed by atoms with Gasteiger partial charge in [0.1, 0.15) is 44.3 Å². The fourth-order valence-corrected chi connectivity index (χ4v) is 7.10. The van der Waals surface area contributed by atoms with E-state index in [2.05, 4.69) is 0 Å². The third-order valence-electron chi connectivity index (χ3n) is 5.19. The number of benzene rings is 3. The van der Waals surface area contributed by atoms with Gasteiger partial charge in [0.05, 0.1) is 42.7 Å². The summed E-state index contributed by atoms with van der Waals surface area (Å²) in [5.74, 6) is 2.07. The van der Waals surface area contributed by atoms with Crippen LogP contribution in [0.5, 0.6) is 34.5 Å². The van der Waals surface area contributed by atoms with E-state index in [0.717, 1.165) is 0 Å². The first-order valence-electron chi connectivity index (χ1n) is 10.3. The zero-order chi connectivity index (χ0) is 25.6. The van der Waals surface area contributed by atoms with Crippen molar-refractivity contribution in [3.8, 4) is 34.5 Å². The average molecular weight is 505 g/mol. The fourth-order valence-electron chi connectivity index (χ4n) is 3.70. The lowest BCUT2D eigenvalue weighted by molar-refractivity contribution is 0.150. The highest BCUT2D eigenvalue weighted by Crippen LogP contribution is 2.77. The normalized spacial score (nSPS) is 11.3. The van der Waals surface area contributed by atoms with Crippen molar-refractivity contribution in [2.24, 2.45) is 0 Å². The maximum Gasteiger partial charge on any atom is 0.517 e. The van der Waals surface area contributed by atoms with Crippen molar-refractivity contribution in [3.63, 3.8) is 0 Å². The molecule has 0 aliphatic carbocycles. The van der Waals surface area contributed by atoms with Crippen molar-refractivity contribution in [1.82, 2.24) is 0 Å². The Hall–Kier alpha value is -3.92. The number of carboxylic acid groups (broad SMARTS) is 1. The summed E-state index contributed by atoms with van der Waals surface area (Å²) in [6, 6.07) is 15.5. The van der Waals surface area contributed by atoms with Gasteiger partial charge in [-0.25, -0.2) is 4.79 Å². The van der Waals surface area contributed by atoms with Crippen molar-refractivity contribution in [2.75, 3.05) is 42.7 Å². The smallest absolute Gasteiger partial charge is 0.496 e. The Kier molecular flexibility index (Phi) is 8.08. The van der Waals surface area contributed by atoms with Crippen LogP contribution in [0.15, 0.2) is 69.3 Å². The van der Waals surface area contributed by atoms with E-state index >= 15 is 0 Å². The predicted octanol–water partition coefficient (Wildman–Crippen LogP) is 5.63. The summed E-state index contributed by atoms with van der Waals surface area (Å²) in [7, 11) is 5.73. The van der Waals surface area contributed by atoms with Crippen LogP contribution >= 0.6 is 10.3 Å². The van der Waals surface area contributed by atoms with Crippen molar-refractivity contribution in [2.45, 2.75) is 14.7 Å². The van der Waals surface area contributed by atoms with Gasteiger partial charge in [0.25, 0.3) is 0 Å². The molecule has 188 valence electrons. The molecule has 9 nitrogen and oxygen atoms in total. The first-order valence-corrected chi connectivity index (χ1v) is 11.9. The van der Waals surface area contributed by atoms with Crippen LogP contribution in [0.4, 0.5) is 4.79 Å². The van der Waals surface area contributed by atoms with Gasteiger partial charge in [0.2, 0.25) is 0 Å². The zero-order valence-corrected chi connectivity index (χ0v) is 21.1. The minimum Gasteiger partial charge on any atom is -0.496 e. The Morgan fingerprint density at radius 3 is 1.29 bits per heavy atom. The molecule has 0 spiro atoms. The molecule has 35 heavy (non-hydrogen) atoms. The van der Waals surface area contributed by atoms with Gasteiger partial charge in [0.15, 0.2) is 0 Å². The van der Waals surface area contributed by atoms with Gasteiger partial charge in [-0.1, -0.05) is 18.2 Å². The summed E-state index contributed by atoms with van der Waals surface area (Å²) in [4.78, 5) is 13.6. The first kappa shape index (κ1) is 25.7. The monoisotopic (exact) mass is 504 g/mol. The molecule has 3 aromatic carbocycles. The Balaban J connectivity index is 2.64. The molecule has 0 saturated carbocycles. The summed E-state index contributed by atoms with van der Waals surface area (Å²) in [5, 5.41) is 10.1. The van der Waals surface area contributed by atoms with Gasteiger partial charge in [-0.05, 0) is 12.1 Å². The second-order valence-corrected chi connectivity index (χ2v) is 9.51. The van der Waals surface area contributed by atoms with Crippen LogP contribution in [0.1, 0.15) is 0 Å². The molecule has 0 unspecified atom stereocenters. The first-order chi connectivity index (χ1) is 16.9. The maximum absolute atomic E-state index is 12.4. The lowest BCUT2D eigenvalue weighted by Gasteiger charge is -2.41. The standard InChI is InChI=1S/C25H28O9S/c1-28-16-12-19(30-3)23(20(13-16)31-4)35(34-25(26)27,18-10-8-7-9-11-18)24-21(32-5)14-17(29-2)15-22(24)33-6/h7-15H,1-6H3,(H,26,27). The molecular weight excluding hydrogens is 476 g/mol. The third kappa shape index (κ3) is 4.69. The average Bonchev–Trinajstić information content (AvgIpc) is 2.90. The number of hydrogen-bond acceptors (Lipinski definition) is 8. The van der Waals surface area contributed by atoms with Crippen LogP contribution in [0, 0.1) is 0 Å². The Morgan fingerprint density at radius 2 is 1.00 bits per heavy atom. The second-order valence-electron chi connectivity index (χ2n) is 6.94. The van der Waals surface area contributed by atoms with E-state index in [1.165, 1.54) is 42.7 Å². The summed E-state index contributed by atoms with van der Waals surface area (Å²) in [5.41, 5.74) is 0. The van der Waals surface area contributed by atoms with E-state index in [1.54, 1.807) is 48.5 Å². The number of hydrogen-bond donors (Lipinski definition) is 1. The van der Waals surface area contributed by atoms with Crippen LogP contribution in [0.25, 0.3) is 0 Å². The Labute approximate surface area is 205 Å². The second kappa shape index (κ2) is 11.0. The molecule has 3 rings (SSSR count). The molecule has 0 aromatic heterocycles. The van der Waals surface area contributed by atoms with E-state index in [1.807, 2.05) is 6.07 Å². The molecule has 0 aliphatic rings. The molecule has 1 N–H and O–H groups in total. The highest BCUT2D eigenvalue weighted by molar-refractivity contribution is 8.30. The molecule has 0 fully saturated rings. The van der Waals surface area contributed by atoms with E-state index in [9.17, 15) is 9.90 Å². The molecule has 10 heteroatoms. The van der Waals surface area contributed by atoms with Gasteiger partial charge >= 0.3 is 6.16 Å². The molecule has 3 aromatic rings. The van der Waals surface area contributed by atoms with E-state index in [-0.39, 0.29) is 0 Å². The molecule has 0 aliphatic heterocycles. The Morgan fingerprint density at radius 1 is 0.629 bits per heavy atom. The highest BCUT2D eigenvalue weighted by atomic mass is 32.3. The molecule has 0 bridgehead atoms. The van der Waals surface area contributed by atoms with Crippen LogP contribution in [-0.4, -0.2) is 53.9 Å². The van der Waals surface area contributed by atoms with Gasteiger partial charge in [0, 0.05) is 39.5 Å². The van der Waals surface area contributed by atoms with Crippen LogP contribution in [-0.2, 0) is 4.18 Å². The van der Waals surface area contributed by atoms with Gasteiger partial charge in [-0.15, -0.1) is 0 Å². The zero-order valence-electron chi connectivity index (χ0n) is 20.3. The van der Waals surface area contributed by atoms with Crippen LogP contribution < -0.4 is 28.4 Å². The predicted molar refractivity (Wildman–Crippen MR) is 130 cm³/mol. The highest BCUT2D eigenvalue weighted by Gasteiger charge is 2.45. The van der Waals surface area contributed by atoms with Gasteiger partial charge in [-0.3, -0.25) is 0 Å². The topological polar surface area (TPSA) is 102 Å². The third-order valence-corrected chi connectivity index (χ3v) is 8.47. The molecule has 0 saturated heterocycles. The lowest BCUT2D eigenvalue weighted by atomic mass is 10.3. The number of carbonyl (C=O) groups is 1. The largest absolute Gasteiger partial charge is 0.517 e. The molecule has 0 radical (unpaired) electrons. The summed E-state index contributed by atoms with van der Waals surface area (Å²) in [6.07, 6.45) is -1.51. The van der Waals surface area contributed by atoms with Crippen LogP contribution in [0.2, 0.25) is 0 Å². The summed E-state index contributed by atoms with van der Waals surface area (Å²) >= 11 is 0. The van der Waals surface area contributed by atoms with E-state index in [0.29, 0.717) is 49.2 Å².